The number of carbonyl (C=O) groups is 1. The van der Waals surface area contributed by atoms with Crippen LogP contribution in [0.4, 0.5) is 0 Å². The molecule has 0 spiro atoms. The zero-order valence-electron chi connectivity index (χ0n) is 12.3. The Hall–Kier alpha value is -0.180. The van der Waals surface area contributed by atoms with Crippen molar-refractivity contribution in [1.29, 1.82) is 0 Å². The molecule has 18 heavy (non-hydrogen) atoms. The Kier molecular flexibility index (Phi) is 11.8. The third kappa shape index (κ3) is 9.81. The molecular weight excluding hydrogens is 244 g/mol. The van der Waals surface area contributed by atoms with Crippen LogP contribution < -0.4 is 0 Å². The monoisotopic (exact) mass is 274 g/mol. The number of thioether (sulfide) groups is 1. The third-order valence-electron chi connectivity index (χ3n) is 3.33. The molecule has 0 aromatic carbocycles. The summed E-state index contributed by atoms with van der Waals surface area (Å²) in [5, 5.41) is 9.15. The van der Waals surface area contributed by atoms with Gasteiger partial charge < -0.3 is 5.11 Å². The van der Waals surface area contributed by atoms with Gasteiger partial charge in [0, 0.05) is 5.25 Å². The number of rotatable bonds is 12. The minimum absolute atomic E-state index is 0.264. The molecular formula is C15H30O2S. The summed E-state index contributed by atoms with van der Waals surface area (Å²) in [6.07, 6.45) is 11.6. The van der Waals surface area contributed by atoms with Gasteiger partial charge in [0.1, 0.15) is 0 Å². The van der Waals surface area contributed by atoms with Crippen molar-refractivity contribution in [3.63, 3.8) is 0 Å². The Morgan fingerprint density at radius 3 is 2.11 bits per heavy atom. The highest BCUT2D eigenvalue weighted by atomic mass is 32.2. The molecule has 0 heterocycles. The van der Waals surface area contributed by atoms with Crippen LogP contribution in [0.5, 0.6) is 0 Å². The van der Waals surface area contributed by atoms with Gasteiger partial charge >= 0.3 is 5.97 Å². The SMILES string of the molecule is CCCCCCCCCC(CC)SC(C)C(=O)O. The van der Waals surface area contributed by atoms with Gasteiger partial charge in [-0.05, 0) is 19.8 Å². The maximum Gasteiger partial charge on any atom is 0.316 e. The predicted molar refractivity (Wildman–Crippen MR) is 81.4 cm³/mol. The predicted octanol–water partition coefficient (Wildman–Crippen LogP) is 5.11. The van der Waals surface area contributed by atoms with E-state index in [0.717, 1.165) is 6.42 Å². The molecule has 0 saturated carbocycles. The van der Waals surface area contributed by atoms with E-state index in [1.807, 2.05) is 0 Å². The molecule has 0 aliphatic carbocycles. The van der Waals surface area contributed by atoms with Gasteiger partial charge in [-0.15, -0.1) is 11.8 Å². The summed E-state index contributed by atoms with van der Waals surface area (Å²) in [4.78, 5) is 10.8. The maximum absolute atomic E-state index is 10.8. The molecule has 1 N–H and O–H groups in total. The van der Waals surface area contributed by atoms with Crippen molar-refractivity contribution in [3.05, 3.63) is 0 Å². The highest BCUT2D eigenvalue weighted by Crippen LogP contribution is 2.25. The van der Waals surface area contributed by atoms with E-state index in [0.29, 0.717) is 5.25 Å². The molecule has 0 saturated heterocycles. The minimum Gasteiger partial charge on any atom is -0.480 e. The molecule has 0 fully saturated rings. The van der Waals surface area contributed by atoms with E-state index in [-0.39, 0.29) is 5.25 Å². The van der Waals surface area contributed by atoms with Crippen molar-refractivity contribution in [3.8, 4) is 0 Å². The molecule has 2 nitrogen and oxygen atoms in total. The van der Waals surface area contributed by atoms with E-state index in [9.17, 15) is 4.79 Å². The minimum atomic E-state index is -0.682. The average Bonchev–Trinajstić information content (AvgIpc) is 2.35. The van der Waals surface area contributed by atoms with Gasteiger partial charge in [0.2, 0.25) is 0 Å². The molecule has 0 aliphatic heterocycles. The summed E-state index contributed by atoms with van der Waals surface area (Å²) in [6, 6.07) is 0. The molecule has 0 radical (unpaired) electrons. The van der Waals surface area contributed by atoms with E-state index >= 15 is 0 Å². The Morgan fingerprint density at radius 1 is 1.06 bits per heavy atom. The highest BCUT2D eigenvalue weighted by Gasteiger charge is 2.17. The second-order valence-electron chi connectivity index (χ2n) is 5.06. The van der Waals surface area contributed by atoms with Crippen molar-refractivity contribution < 1.29 is 9.90 Å². The van der Waals surface area contributed by atoms with Gasteiger partial charge in [0.25, 0.3) is 0 Å². The van der Waals surface area contributed by atoms with E-state index in [2.05, 4.69) is 13.8 Å². The van der Waals surface area contributed by atoms with Crippen LogP contribution >= 0.6 is 11.8 Å². The van der Waals surface area contributed by atoms with E-state index in [1.165, 1.54) is 51.4 Å². The lowest BCUT2D eigenvalue weighted by Crippen LogP contribution is -2.16. The van der Waals surface area contributed by atoms with Crippen LogP contribution in [0.15, 0.2) is 0 Å². The molecule has 2 unspecified atom stereocenters. The Labute approximate surface area is 117 Å². The first-order valence-electron chi connectivity index (χ1n) is 7.50. The number of hydrogen-bond acceptors (Lipinski definition) is 2. The zero-order valence-corrected chi connectivity index (χ0v) is 13.1. The first kappa shape index (κ1) is 17.8. The van der Waals surface area contributed by atoms with E-state index in [1.54, 1.807) is 18.7 Å². The van der Waals surface area contributed by atoms with Crippen LogP contribution in [0.25, 0.3) is 0 Å². The molecule has 3 heteroatoms. The lowest BCUT2D eigenvalue weighted by molar-refractivity contribution is -0.136. The fraction of sp³-hybridized carbons (Fsp3) is 0.933. The van der Waals surface area contributed by atoms with Crippen molar-refractivity contribution in [2.75, 3.05) is 0 Å². The van der Waals surface area contributed by atoms with Crippen molar-refractivity contribution in [2.24, 2.45) is 0 Å². The smallest absolute Gasteiger partial charge is 0.316 e. The van der Waals surface area contributed by atoms with Gasteiger partial charge in [-0.25, -0.2) is 0 Å². The van der Waals surface area contributed by atoms with Crippen molar-refractivity contribution in [1.82, 2.24) is 0 Å². The lowest BCUT2D eigenvalue weighted by Gasteiger charge is -2.16. The average molecular weight is 274 g/mol. The zero-order chi connectivity index (χ0) is 13.8. The quantitative estimate of drug-likeness (QED) is 0.502. The largest absolute Gasteiger partial charge is 0.480 e. The summed E-state index contributed by atoms with van der Waals surface area (Å²) in [6.45, 7) is 6.20. The normalized spacial score (nSPS) is 14.4. The molecule has 0 aromatic heterocycles. The fourth-order valence-electron chi connectivity index (χ4n) is 2.04. The molecule has 0 rings (SSSR count). The van der Waals surface area contributed by atoms with Gasteiger partial charge in [0.15, 0.2) is 0 Å². The maximum atomic E-state index is 10.8. The van der Waals surface area contributed by atoms with Gasteiger partial charge in [-0.1, -0.05) is 58.8 Å². The van der Waals surface area contributed by atoms with Crippen LogP contribution in [0, 0.1) is 0 Å². The number of carboxylic acid groups (broad SMARTS) is 1. The van der Waals surface area contributed by atoms with Gasteiger partial charge in [-0.2, -0.15) is 0 Å². The first-order valence-corrected chi connectivity index (χ1v) is 8.44. The molecule has 2 atom stereocenters. The molecule has 0 aliphatic rings. The number of hydrogen-bond donors (Lipinski definition) is 1. The summed E-state index contributed by atoms with van der Waals surface area (Å²) in [5.74, 6) is -0.682. The molecule has 0 aromatic rings. The molecule has 0 amide bonds. The number of unbranched alkanes of at least 4 members (excludes halogenated alkanes) is 6. The fourth-order valence-corrected chi connectivity index (χ4v) is 3.23. The molecule has 0 bridgehead atoms. The Balaban J connectivity index is 3.53. The van der Waals surface area contributed by atoms with Gasteiger partial charge in [0.05, 0.1) is 5.25 Å². The second kappa shape index (κ2) is 11.9. The van der Waals surface area contributed by atoms with E-state index < -0.39 is 5.97 Å². The van der Waals surface area contributed by atoms with Crippen LogP contribution in [0.3, 0.4) is 0 Å². The Bertz CT molecular complexity index is 207. The van der Waals surface area contributed by atoms with Crippen LogP contribution in [-0.2, 0) is 4.79 Å². The standard InChI is InChI=1S/C15H30O2S/c1-4-6-7-8-9-10-11-12-14(5-2)18-13(3)15(16)17/h13-14H,4-12H2,1-3H3,(H,16,17). The van der Waals surface area contributed by atoms with Crippen molar-refractivity contribution in [2.45, 2.75) is 89.1 Å². The first-order chi connectivity index (χ1) is 8.61. The van der Waals surface area contributed by atoms with Crippen LogP contribution in [0.2, 0.25) is 0 Å². The van der Waals surface area contributed by atoms with Crippen LogP contribution in [0.1, 0.15) is 78.6 Å². The second-order valence-corrected chi connectivity index (χ2v) is 6.70. The van der Waals surface area contributed by atoms with E-state index in [4.69, 9.17) is 5.11 Å². The van der Waals surface area contributed by atoms with Gasteiger partial charge in [-0.3, -0.25) is 4.79 Å². The number of aliphatic carboxylic acids is 1. The lowest BCUT2D eigenvalue weighted by atomic mass is 10.1. The summed E-state index contributed by atoms with van der Waals surface area (Å²) >= 11 is 1.63. The summed E-state index contributed by atoms with van der Waals surface area (Å²) < 4.78 is 0. The van der Waals surface area contributed by atoms with Crippen LogP contribution in [-0.4, -0.2) is 21.6 Å². The summed E-state index contributed by atoms with van der Waals surface area (Å²) in [5.41, 5.74) is 0. The summed E-state index contributed by atoms with van der Waals surface area (Å²) in [7, 11) is 0. The highest BCUT2D eigenvalue weighted by molar-refractivity contribution is 8.01. The van der Waals surface area contributed by atoms with Crippen molar-refractivity contribution >= 4 is 17.7 Å². The third-order valence-corrected chi connectivity index (χ3v) is 4.89. The number of carboxylic acids is 1. The Morgan fingerprint density at radius 2 is 1.61 bits per heavy atom. The molecule has 108 valence electrons. The topological polar surface area (TPSA) is 37.3 Å².